The molecule has 33 heteroatoms. The third-order valence-electron chi connectivity index (χ3n) is 11.3. The summed E-state index contributed by atoms with van der Waals surface area (Å²) in [6.45, 7) is -2.06. The molecule has 0 radical (unpaired) electrons. The SMILES string of the molecule is CC(=O)N[C@H]1[C@H](O[C@H]2[C@@H](O)[C@@H](CO)O[C@@H](O[C@H]3[C@H](O)[C@@H](NC(C)=O)C(O)O[C@@H]3CO)[C@@H]2O)O[C@H](CO)[C@@H](O[C@@H]2O[C@H](CO)[C@H](O)[C@H](O[C@@H]3O[C@H](C(=O)O)[C@@H](O)[C@H](OS(=O)(=O)O)[C@H]3O)[C@H]2O)[C@@H]1O. The van der Waals surface area contributed by atoms with Crippen molar-refractivity contribution in [3.05, 3.63) is 0 Å². The molecule has 32 nitrogen and oxygen atoms in total. The monoisotopic (exact) mass is 1000 g/mol. The van der Waals surface area contributed by atoms with Crippen LogP contribution < -0.4 is 10.6 Å². The number of ether oxygens (including phenoxy) is 9. The van der Waals surface area contributed by atoms with E-state index in [1.807, 2.05) is 0 Å². The van der Waals surface area contributed by atoms with Crippen LogP contribution in [0.5, 0.6) is 0 Å². The molecular weight excluding hydrogens is 948 g/mol. The van der Waals surface area contributed by atoms with Crippen molar-refractivity contribution >= 4 is 28.2 Å². The number of rotatable bonds is 17. The molecule has 0 aromatic rings. The number of aliphatic carboxylic acids is 1. The van der Waals surface area contributed by atoms with Crippen molar-refractivity contribution in [3.63, 3.8) is 0 Å². The summed E-state index contributed by atoms with van der Waals surface area (Å²) in [4.78, 5) is 36.1. The topological polar surface area (TPSA) is 505 Å². The number of aliphatic hydroxyl groups is 13. The summed E-state index contributed by atoms with van der Waals surface area (Å²) in [5.41, 5.74) is 0. The Bertz CT molecular complexity index is 1770. The first-order chi connectivity index (χ1) is 31.4. The minimum Gasteiger partial charge on any atom is -0.479 e. The van der Waals surface area contributed by atoms with Gasteiger partial charge < -0.3 is 125 Å². The molecule has 5 aliphatic heterocycles. The number of carboxylic acids is 1. The average Bonchev–Trinajstić information content (AvgIpc) is 3.25. The molecule has 5 rings (SSSR count). The average molecular weight is 1000 g/mol. The summed E-state index contributed by atoms with van der Waals surface area (Å²) in [5, 5.41) is 154. The summed E-state index contributed by atoms with van der Waals surface area (Å²) in [7, 11) is -5.49. The van der Waals surface area contributed by atoms with Gasteiger partial charge in [-0.15, -0.1) is 0 Å². The van der Waals surface area contributed by atoms with Crippen molar-refractivity contribution in [2.45, 2.75) is 167 Å². The van der Waals surface area contributed by atoms with Crippen molar-refractivity contribution in [2.24, 2.45) is 0 Å². The number of nitrogens with one attached hydrogen (secondary N) is 2. The summed E-state index contributed by atoms with van der Waals surface area (Å²) in [6.07, 6.45) is -47.5. The van der Waals surface area contributed by atoms with Crippen LogP contribution in [0.25, 0.3) is 0 Å². The summed E-state index contributed by atoms with van der Waals surface area (Å²) < 4.78 is 86.3. The van der Waals surface area contributed by atoms with E-state index in [0.717, 1.165) is 13.8 Å². The van der Waals surface area contributed by atoms with Gasteiger partial charge in [0.1, 0.15) is 116 Å². The highest BCUT2D eigenvalue weighted by Crippen LogP contribution is 2.36. The number of amides is 2. The van der Waals surface area contributed by atoms with E-state index in [2.05, 4.69) is 14.8 Å². The van der Waals surface area contributed by atoms with Gasteiger partial charge in [-0.25, -0.2) is 8.98 Å². The number of carbonyl (C=O) groups excluding carboxylic acids is 2. The van der Waals surface area contributed by atoms with E-state index in [0.29, 0.717) is 0 Å². The Kier molecular flexibility index (Phi) is 19.1. The summed E-state index contributed by atoms with van der Waals surface area (Å²) in [5.74, 6) is -3.58. The van der Waals surface area contributed by atoms with Gasteiger partial charge >= 0.3 is 16.4 Å². The van der Waals surface area contributed by atoms with Gasteiger partial charge in [0.15, 0.2) is 37.6 Å². The first-order valence-electron chi connectivity index (χ1n) is 20.3. The molecule has 67 heavy (non-hydrogen) atoms. The first kappa shape index (κ1) is 55.3. The molecule has 17 N–H and O–H groups in total. The Labute approximate surface area is 377 Å². The largest absolute Gasteiger partial charge is 0.479 e. The third kappa shape index (κ3) is 12.5. The van der Waals surface area contributed by atoms with Gasteiger partial charge in [0.2, 0.25) is 11.8 Å². The molecule has 5 fully saturated rings. The fourth-order valence-electron chi connectivity index (χ4n) is 8.06. The highest BCUT2D eigenvalue weighted by Gasteiger charge is 2.58. The van der Waals surface area contributed by atoms with Crippen LogP contribution in [0, 0.1) is 0 Å². The maximum Gasteiger partial charge on any atom is 0.397 e. The van der Waals surface area contributed by atoms with E-state index in [1.54, 1.807) is 0 Å². The van der Waals surface area contributed by atoms with Crippen molar-refractivity contribution in [3.8, 4) is 0 Å². The quantitative estimate of drug-likeness (QED) is 0.0602. The molecule has 5 aliphatic rings. The van der Waals surface area contributed by atoms with Crippen LogP contribution in [0.3, 0.4) is 0 Å². The highest BCUT2D eigenvalue weighted by molar-refractivity contribution is 7.80. The van der Waals surface area contributed by atoms with Gasteiger partial charge in [0.05, 0.1) is 26.4 Å². The highest BCUT2D eigenvalue weighted by atomic mass is 32.3. The van der Waals surface area contributed by atoms with E-state index in [9.17, 15) is 98.8 Å². The predicted molar refractivity (Wildman–Crippen MR) is 201 cm³/mol. The van der Waals surface area contributed by atoms with Crippen molar-refractivity contribution in [2.75, 3.05) is 26.4 Å². The molecule has 1 unspecified atom stereocenters. The number of carboxylic acid groups (broad SMARTS) is 1. The number of carbonyl (C=O) groups is 3. The fraction of sp³-hybridized carbons (Fsp3) is 0.912. The first-order valence-corrected chi connectivity index (χ1v) is 21.6. The zero-order chi connectivity index (χ0) is 50.0. The Morgan fingerprint density at radius 1 is 0.478 bits per heavy atom. The van der Waals surface area contributed by atoms with E-state index < -0.39 is 208 Å². The number of aliphatic hydroxyl groups excluding tert-OH is 13. The van der Waals surface area contributed by atoms with Crippen LogP contribution in [-0.2, 0) is 71.6 Å². The van der Waals surface area contributed by atoms with Gasteiger partial charge in [-0.1, -0.05) is 0 Å². The van der Waals surface area contributed by atoms with Gasteiger partial charge in [0, 0.05) is 13.8 Å². The zero-order valence-corrected chi connectivity index (χ0v) is 35.8. The molecule has 25 atom stereocenters. The maximum atomic E-state index is 12.5. The lowest BCUT2D eigenvalue weighted by Crippen LogP contribution is -2.70. The normalized spacial score (nSPS) is 46.4. The van der Waals surface area contributed by atoms with Crippen LogP contribution in [-0.4, -0.2) is 282 Å². The molecule has 2 amide bonds. The smallest absolute Gasteiger partial charge is 0.397 e. The summed E-state index contributed by atoms with van der Waals surface area (Å²) >= 11 is 0. The van der Waals surface area contributed by atoms with E-state index in [1.165, 1.54) is 0 Å². The molecule has 0 bridgehead atoms. The third-order valence-corrected chi connectivity index (χ3v) is 11.8. The predicted octanol–water partition coefficient (Wildman–Crippen LogP) is -11.7. The van der Waals surface area contributed by atoms with Crippen LogP contribution >= 0.6 is 0 Å². The van der Waals surface area contributed by atoms with Gasteiger partial charge in [-0.2, -0.15) is 8.42 Å². The molecule has 0 aromatic heterocycles. The lowest BCUT2D eigenvalue weighted by atomic mass is 9.94. The van der Waals surface area contributed by atoms with E-state index in [4.69, 9.17) is 42.6 Å². The Balaban J connectivity index is 1.37. The Morgan fingerprint density at radius 3 is 1.28 bits per heavy atom. The minimum atomic E-state index is -5.49. The molecule has 5 saturated heterocycles. The van der Waals surface area contributed by atoms with Crippen LogP contribution in [0.15, 0.2) is 0 Å². The Hall–Kier alpha value is -2.60. The number of hydrogen-bond acceptors (Lipinski definition) is 28. The van der Waals surface area contributed by atoms with E-state index in [-0.39, 0.29) is 0 Å². The lowest BCUT2D eigenvalue weighted by molar-refractivity contribution is -0.384. The second kappa shape index (κ2) is 23.1. The van der Waals surface area contributed by atoms with Gasteiger partial charge in [0.25, 0.3) is 0 Å². The van der Waals surface area contributed by atoms with Crippen LogP contribution in [0.4, 0.5) is 0 Å². The number of hydrogen-bond donors (Lipinski definition) is 17. The van der Waals surface area contributed by atoms with Crippen LogP contribution in [0.1, 0.15) is 13.8 Å². The van der Waals surface area contributed by atoms with Gasteiger partial charge in [-0.05, 0) is 0 Å². The Morgan fingerprint density at radius 2 is 0.851 bits per heavy atom. The molecule has 0 spiro atoms. The second-order valence-electron chi connectivity index (χ2n) is 16.0. The molecule has 0 saturated carbocycles. The standard InChI is InChI=1S/C34H56N2O30S/c1-7(41)35-13-17(45)23(11(5-39)57-30(13)53)61-32-20(48)25(15(43)9(3-37)58-32)63-31-14(36-8(2)42)18(46)24(12(6-40)60-31)62-33-21(49)26(16(44)10(4-38)59-33)64-34-22(50)27(66-67(54,55)56)19(47)28(65-34)29(51)52/h9-28,30-34,37-40,43-50,53H,3-6H2,1-2H3,(H,35,41)(H,36,42)(H,51,52)(H,54,55,56)/t9-,10-,11-,12-,13-,14-,15+,16+,17-,18-,19+,20-,21-,22-,23-,24-,25+,26+,27+,28+,30?,31+,32+,33+,34-/m1/s1. The van der Waals surface area contributed by atoms with E-state index >= 15 is 0 Å². The summed E-state index contributed by atoms with van der Waals surface area (Å²) in [6, 6.07) is -3.37. The molecule has 0 aliphatic carbocycles. The minimum absolute atomic E-state index is 0.720. The maximum absolute atomic E-state index is 12.5. The fourth-order valence-corrected chi connectivity index (χ4v) is 8.57. The van der Waals surface area contributed by atoms with Gasteiger partial charge in [-0.3, -0.25) is 14.1 Å². The van der Waals surface area contributed by atoms with Crippen molar-refractivity contribution < 1.29 is 146 Å². The molecule has 0 aromatic carbocycles. The molecule has 5 heterocycles. The zero-order valence-electron chi connectivity index (χ0n) is 35.0. The van der Waals surface area contributed by atoms with Crippen molar-refractivity contribution in [1.29, 1.82) is 0 Å². The molecular formula is C34H56N2O30S. The van der Waals surface area contributed by atoms with Crippen molar-refractivity contribution in [1.82, 2.24) is 10.6 Å². The second-order valence-corrected chi connectivity index (χ2v) is 17.0. The van der Waals surface area contributed by atoms with Crippen LogP contribution in [0.2, 0.25) is 0 Å². The molecule has 388 valence electrons. The lowest BCUT2D eigenvalue weighted by Gasteiger charge is -2.50.